The summed E-state index contributed by atoms with van der Waals surface area (Å²) in [6, 6.07) is 16.1. The van der Waals surface area contributed by atoms with Crippen molar-refractivity contribution < 1.29 is 9.90 Å². The molecule has 0 amide bonds. The molecular formula is C19H22ClNO2. The maximum Gasteiger partial charge on any atom is 0.303 e. The third-order valence-corrected chi connectivity index (χ3v) is 4.15. The summed E-state index contributed by atoms with van der Waals surface area (Å²) >= 11 is 5.99. The molecule has 4 heteroatoms. The smallest absolute Gasteiger partial charge is 0.303 e. The van der Waals surface area contributed by atoms with E-state index in [-0.39, 0.29) is 12.5 Å². The molecule has 2 aromatic rings. The predicted molar refractivity (Wildman–Crippen MR) is 93.8 cm³/mol. The Morgan fingerprint density at radius 2 is 1.96 bits per heavy atom. The number of hydrogen-bond acceptors (Lipinski definition) is 2. The molecule has 0 aliphatic carbocycles. The van der Waals surface area contributed by atoms with Gasteiger partial charge in [-0.25, -0.2) is 0 Å². The average Bonchev–Trinajstić information content (AvgIpc) is 2.52. The van der Waals surface area contributed by atoms with Crippen LogP contribution in [-0.4, -0.2) is 17.1 Å². The van der Waals surface area contributed by atoms with Crippen LogP contribution in [0.4, 0.5) is 0 Å². The first-order valence-corrected chi connectivity index (χ1v) is 8.16. The number of carboxylic acid groups (broad SMARTS) is 1. The zero-order valence-electron chi connectivity index (χ0n) is 13.3. The van der Waals surface area contributed by atoms with Crippen LogP contribution in [0.5, 0.6) is 0 Å². The fraction of sp³-hybridized carbons (Fsp3) is 0.316. The van der Waals surface area contributed by atoms with E-state index in [0.29, 0.717) is 13.0 Å². The first-order chi connectivity index (χ1) is 11.0. The van der Waals surface area contributed by atoms with E-state index in [0.717, 1.165) is 17.0 Å². The molecule has 2 N–H and O–H groups in total. The van der Waals surface area contributed by atoms with E-state index in [2.05, 4.69) is 17.4 Å². The van der Waals surface area contributed by atoms with Gasteiger partial charge in [0.05, 0.1) is 0 Å². The second-order valence-corrected chi connectivity index (χ2v) is 6.21. The van der Waals surface area contributed by atoms with Crippen LogP contribution in [0.3, 0.4) is 0 Å². The number of rotatable bonds is 8. The summed E-state index contributed by atoms with van der Waals surface area (Å²) in [5.41, 5.74) is 3.53. The third-order valence-electron chi connectivity index (χ3n) is 3.92. The van der Waals surface area contributed by atoms with Gasteiger partial charge in [-0.3, -0.25) is 4.79 Å². The minimum atomic E-state index is -0.757. The van der Waals surface area contributed by atoms with Gasteiger partial charge in [-0.15, -0.1) is 0 Å². The maximum atomic E-state index is 10.9. The Hall–Kier alpha value is -1.84. The first kappa shape index (κ1) is 17.5. The molecule has 2 rings (SSSR count). The molecule has 122 valence electrons. The van der Waals surface area contributed by atoms with Gasteiger partial charge in [0.25, 0.3) is 0 Å². The number of aliphatic carboxylic acids is 1. The Kier molecular flexibility index (Phi) is 6.63. The van der Waals surface area contributed by atoms with Crippen molar-refractivity contribution in [2.45, 2.75) is 38.8 Å². The number of benzene rings is 2. The van der Waals surface area contributed by atoms with Crippen LogP contribution in [0.1, 0.15) is 29.5 Å². The summed E-state index contributed by atoms with van der Waals surface area (Å²) in [7, 11) is 0. The Balaban J connectivity index is 2.00. The molecule has 23 heavy (non-hydrogen) atoms. The number of aryl methyl sites for hydroxylation is 1. The van der Waals surface area contributed by atoms with Gasteiger partial charge in [-0.1, -0.05) is 48.0 Å². The first-order valence-electron chi connectivity index (χ1n) is 7.78. The minimum absolute atomic E-state index is 0.128. The molecule has 0 saturated heterocycles. The molecule has 0 fully saturated rings. The molecule has 0 saturated carbocycles. The zero-order valence-corrected chi connectivity index (χ0v) is 14.0. The van der Waals surface area contributed by atoms with Gasteiger partial charge in [0.1, 0.15) is 0 Å². The lowest BCUT2D eigenvalue weighted by Crippen LogP contribution is -2.31. The third kappa shape index (κ3) is 6.05. The van der Waals surface area contributed by atoms with Crippen molar-refractivity contribution in [1.29, 1.82) is 0 Å². The SMILES string of the molecule is Cc1cc(Cl)ccc1CNC(CCC(=O)O)Cc1ccccc1. The highest BCUT2D eigenvalue weighted by atomic mass is 35.5. The van der Waals surface area contributed by atoms with Crippen LogP contribution in [0.25, 0.3) is 0 Å². The van der Waals surface area contributed by atoms with Gasteiger partial charge in [0.15, 0.2) is 0 Å². The van der Waals surface area contributed by atoms with Crippen LogP contribution in [0, 0.1) is 6.92 Å². The Labute approximate surface area is 142 Å². The zero-order chi connectivity index (χ0) is 16.7. The fourth-order valence-corrected chi connectivity index (χ4v) is 2.81. The largest absolute Gasteiger partial charge is 0.481 e. The van der Waals surface area contributed by atoms with Crippen molar-refractivity contribution in [3.8, 4) is 0 Å². The summed E-state index contributed by atoms with van der Waals surface area (Å²) in [4.78, 5) is 10.9. The summed E-state index contributed by atoms with van der Waals surface area (Å²) in [6.07, 6.45) is 1.60. The highest BCUT2D eigenvalue weighted by Crippen LogP contribution is 2.16. The molecule has 1 atom stereocenters. The van der Waals surface area contributed by atoms with Crippen molar-refractivity contribution >= 4 is 17.6 Å². The molecule has 2 aromatic carbocycles. The van der Waals surface area contributed by atoms with Crippen molar-refractivity contribution in [3.63, 3.8) is 0 Å². The number of carbonyl (C=O) groups is 1. The Morgan fingerprint density at radius 1 is 1.22 bits per heavy atom. The molecule has 1 unspecified atom stereocenters. The normalized spacial score (nSPS) is 12.1. The number of carboxylic acids is 1. The molecule has 0 radical (unpaired) electrons. The monoisotopic (exact) mass is 331 g/mol. The summed E-state index contributed by atoms with van der Waals surface area (Å²) in [6.45, 7) is 2.74. The molecular weight excluding hydrogens is 310 g/mol. The van der Waals surface area contributed by atoms with Gasteiger partial charge in [0.2, 0.25) is 0 Å². The van der Waals surface area contributed by atoms with Gasteiger partial charge in [-0.05, 0) is 48.6 Å². The van der Waals surface area contributed by atoms with E-state index in [4.69, 9.17) is 16.7 Å². The van der Waals surface area contributed by atoms with Crippen molar-refractivity contribution in [3.05, 3.63) is 70.2 Å². The number of halogens is 1. The average molecular weight is 332 g/mol. The summed E-state index contributed by atoms with van der Waals surface area (Å²) in [5.74, 6) is -0.757. The van der Waals surface area contributed by atoms with Gasteiger partial charge in [0, 0.05) is 24.0 Å². The number of nitrogens with one attached hydrogen (secondary N) is 1. The van der Waals surface area contributed by atoms with E-state index in [1.807, 2.05) is 43.3 Å². The molecule has 0 aliphatic rings. The molecule has 3 nitrogen and oxygen atoms in total. The van der Waals surface area contributed by atoms with E-state index in [1.165, 1.54) is 11.1 Å². The highest BCUT2D eigenvalue weighted by Gasteiger charge is 2.12. The fourth-order valence-electron chi connectivity index (χ4n) is 2.58. The van der Waals surface area contributed by atoms with Crippen LogP contribution in [0.15, 0.2) is 48.5 Å². The van der Waals surface area contributed by atoms with Crippen molar-refractivity contribution in [2.24, 2.45) is 0 Å². The topological polar surface area (TPSA) is 49.3 Å². The van der Waals surface area contributed by atoms with Crippen LogP contribution in [0.2, 0.25) is 5.02 Å². The van der Waals surface area contributed by atoms with Gasteiger partial charge < -0.3 is 10.4 Å². The molecule has 0 spiro atoms. The molecule has 0 aromatic heterocycles. The Bertz CT molecular complexity index is 643. The lowest BCUT2D eigenvalue weighted by Gasteiger charge is -2.19. The van der Waals surface area contributed by atoms with E-state index < -0.39 is 5.97 Å². The highest BCUT2D eigenvalue weighted by molar-refractivity contribution is 6.30. The Morgan fingerprint density at radius 3 is 2.61 bits per heavy atom. The van der Waals surface area contributed by atoms with Crippen LogP contribution >= 0.6 is 11.6 Å². The minimum Gasteiger partial charge on any atom is -0.481 e. The van der Waals surface area contributed by atoms with E-state index in [1.54, 1.807) is 0 Å². The quantitative estimate of drug-likeness (QED) is 0.761. The van der Waals surface area contributed by atoms with Crippen LogP contribution in [-0.2, 0) is 17.8 Å². The lowest BCUT2D eigenvalue weighted by molar-refractivity contribution is -0.137. The van der Waals surface area contributed by atoms with Gasteiger partial charge in [-0.2, -0.15) is 0 Å². The predicted octanol–water partition coefficient (Wildman–Crippen LogP) is 4.21. The standard InChI is InChI=1S/C19H22ClNO2/c1-14-11-17(20)8-7-16(14)13-21-18(9-10-19(22)23)12-15-5-3-2-4-6-15/h2-8,11,18,21H,9-10,12-13H2,1H3,(H,22,23). The molecule has 0 aliphatic heterocycles. The second-order valence-electron chi connectivity index (χ2n) is 5.77. The number of hydrogen-bond donors (Lipinski definition) is 2. The summed E-state index contributed by atoms with van der Waals surface area (Å²) < 4.78 is 0. The maximum absolute atomic E-state index is 10.9. The van der Waals surface area contributed by atoms with Gasteiger partial charge >= 0.3 is 5.97 Å². The molecule has 0 bridgehead atoms. The van der Waals surface area contributed by atoms with Crippen molar-refractivity contribution in [2.75, 3.05) is 0 Å². The van der Waals surface area contributed by atoms with Crippen LogP contribution < -0.4 is 5.32 Å². The van der Waals surface area contributed by atoms with Crippen molar-refractivity contribution in [1.82, 2.24) is 5.32 Å². The second kappa shape index (κ2) is 8.70. The van der Waals surface area contributed by atoms with E-state index in [9.17, 15) is 4.79 Å². The van der Waals surface area contributed by atoms with E-state index >= 15 is 0 Å². The lowest BCUT2D eigenvalue weighted by atomic mass is 10.0. The summed E-state index contributed by atoms with van der Waals surface area (Å²) in [5, 5.41) is 13.2. The molecule has 0 heterocycles.